The van der Waals surface area contributed by atoms with Gasteiger partial charge in [-0.2, -0.15) is 0 Å². The van der Waals surface area contributed by atoms with E-state index >= 15 is 0 Å². The van der Waals surface area contributed by atoms with Crippen LogP contribution in [0, 0.1) is 0 Å². The zero-order valence-corrected chi connectivity index (χ0v) is 20.6. The third kappa shape index (κ3) is 4.78. The number of amides is 1. The van der Waals surface area contributed by atoms with Crippen molar-refractivity contribution in [2.24, 2.45) is 0 Å². The molecule has 0 unspecified atom stereocenters. The summed E-state index contributed by atoms with van der Waals surface area (Å²) in [5, 5.41) is 6.96. The van der Waals surface area contributed by atoms with Crippen molar-refractivity contribution in [3.63, 3.8) is 0 Å². The van der Waals surface area contributed by atoms with Gasteiger partial charge in [-0.15, -0.1) is 0 Å². The van der Waals surface area contributed by atoms with E-state index in [2.05, 4.69) is 36.1 Å². The highest BCUT2D eigenvalue weighted by Gasteiger charge is 2.41. The first-order valence-corrected chi connectivity index (χ1v) is 12.1. The van der Waals surface area contributed by atoms with Crippen molar-refractivity contribution in [1.29, 1.82) is 0 Å². The number of anilines is 1. The normalized spacial score (nSPS) is 17.0. The van der Waals surface area contributed by atoms with Gasteiger partial charge in [0.05, 0.1) is 30.6 Å². The number of hydrogen-bond acceptors (Lipinski definition) is 5. The largest absolute Gasteiger partial charge is 0.495 e. The number of aromatic nitrogens is 3. The van der Waals surface area contributed by atoms with Gasteiger partial charge < -0.3 is 24.8 Å². The summed E-state index contributed by atoms with van der Waals surface area (Å²) in [5.74, 6) is 1.30. The molecule has 8 nitrogen and oxygen atoms in total. The third-order valence-electron chi connectivity index (χ3n) is 6.14. The maximum atomic E-state index is 12.9. The molecule has 36 heavy (non-hydrogen) atoms. The van der Waals surface area contributed by atoms with Gasteiger partial charge in [-0.25, -0.2) is 4.98 Å². The quantitative estimate of drug-likeness (QED) is 0.351. The number of para-hydroxylation sites is 2. The van der Waals surface area contributed by atoms with E-state index in [1.165, 1.54) is 0 Å². The third-order valence-corrected chi connectivity index (χ3v) is 6.49. The number of benzene rings is 1. The summed E-state index contributed by atoms with van der Waals surface area (Å²) in [5.41, 5.74) is 2.51. The molecule has 0 bridgehead atoms. The van der Waals surface area contributed by atoms with Crippen LogP contribution in [0.2, 0.25) is 0 Å². The topological polar surface area (TPSA) is 84.3 Å². The Morgan fingerprint density at radius 2 is 1.81 bits per heavy atom. The summed E-state index contributed by atoms with van der Waals surface area (Å²) >= 11 is 5.76. The molecule has 2 atom stereocenters. The van der Waals surface area contributed by atoms with Gasteiger partial charge in [-0.3, -0.25) is 9.78 Å². The van der Waals surface area contributed by atoms with E-state index in [1.807, 2.05) is 72.9 Å². The lowest BCUT2D eigenvalue weighted by Crippen LogP contribution is -2.33. The van der Waals surface area contributed by atoms with Gasteiger partial charge in [-0.05, 0) is 60.7 Å². The molecule has 1 amide bonds. The standard InChI is InChI=1S/C27H26N6O2S/c1-35-22-12-3-2-9-19(22)30-24(34)14-18-33-26(25(31-27(33)36)20-10-4-6-15-28-20)21-11-8-17-32(21)23-13-5-7-16-29-23/h2-13,15-17,25-26H,14,18H2,1H3,(H,30,34)(H,31,36)/t25-,26-/m1/s1. The summed E-state index contributed by atoms with van der Waals surface area (Å²) in [6, 6.07) is 22.7. The molecule has 1 saturated heterocycles. The summed E-state index contributed by atoms with van der Waals surface area (Å²) in [4.78, 5) is 24.1. The van der Waals surface area contributed by atoms with Gasteiger partial charge in [0.2, 0.25) is 5.91 Å². The van der Waals surface area contributed by atoms with Gasteiger partial charge in [0.15, 0.2) is 5.11 Å². The molecule has 9 heteroatoms. The smallest absolute Gasteiger partial charge is 0.226 e. The molecule has 3 aromatic heterocycles. The molecule has 1 aromatic carbocycles. The summed E-state index contributed by atoms with van der Waals surface area (Å²) in [6.07, 6.45) is 5.78. The number of carbonyl (C=O) groups excluding carboxylic acids is 1. The lowest BCUT2D eigenvalue weighted by Gasteiger charge is -2.28. The van der Waals surface area contributed by atoms with Crippen LogP contribution in [0.1, 0.15) is 29.9 Å². The van der Waals surface area contributed by atoms with E-state index in [4.69, 9.17) is 17.0 Å². The van der Waals surface area contributed by atoms with Crippen LogP contribution < -0.4 is 15.4 Å². The van der Waals surface area contributed by atoms with Gasteiger partial charge >= 0.3 is 0 Å². The van der Waals surface area contributed by atoms with Crippen LogP contribution in [0.4, 0.5) is 5.69 Å². The van der Waals surface area contributed by atoms with Gasteiger partial charge in [0.25, 0.3) is 0 Å². The first kappa shape index (κ1) is 23.5. The van der Waals surface area contributed by atoms with E-state index in [0.29, 0.717) is 23.1 Å². The Kier molecular flexibility index (Phi) is 6.90. The van der Waals surface area contributed by atoms with Crippen molar-refractivity contribution in [1.82, 2.24) is 24.8 Å². The number of rotatable bonds is 8. The number of thiocarbonyl (C=S) groups is 1. The molecule has 4 heterocycles. The van der Waals surface area contributed by atoms with Crippen molar-refractivity contribution in [3.05, 3.63) is 103 Å². The zero-order chi connectivity index (χ0) is 24.9. The minimum absolute atomic E-state index is 0.123. The Morgan fingerprint density at radius 3 is 2.56 bits per heavy atom. The van der Waals surface area contributed by atoms with E-state index in [1.54, 1.807) is 19.5 Å². The number of pyridine rings is 2. The second-order valence-corrected chi connectivity index (χ2v) is 8.70. The van der Waals surface area contributed by atoms with E-state index in [9.17, 15) is 4.79 Å². The van der Waals surface area contributed by atoms with Crippen molar-refractivity contribution in [2.75, 3.05) is 19.0 Å². The van der Waals surface area contributed by atoms with Crippen LogP contribution >= 0.6 is 12.2 Å². The molecule has 4 aromatic rings. The number of nitrogens with one attached hydrogen (secondary N) is 2. The fourth-order valence-electron chi connectivity index (χ4n) is 4.49. The molecule has 0 radical (unpaired) electrons. The highest BCUT2D eigenvalue weighted by atomic mass is 32.1. The van der Waals surface area contributed by atoms with Crippen molar-refractivity contribution < 1.29 is 9.53 Å². The lowest BCUT2D eigenvalue weighted by molar-refractivity contribution is -0.116. The zero-order valence-electron chi connectivity index (χ0n) is 19.7. The maximum absolute atomic E-state index is 12.9. The summed E-state index contributed by atoms with van der Waals surface area (Å²) in [6.45, 7) is 0.425. The predicted molar refractivity (Wildman–Crippen MR) is 142 cm³/mol. The van der Waals surface area contributed by atoms with Crippen LogP contribution in [-0.4, -0.2) is 44.1 Å². The molecule has 182 valence electrons. The van der Waals surface area contributed by atoms with Crippen LogP contribution in [-0.2, 0) is 4.79 Å². The van der Waals surface area contributed by atoms with Crippen molar-refractivity contribution in [2.45, 2.75) is 18.5 Å². The van der Waals surface area contributed by atoms with Crippen LogP contribution in [0.3, 0.4) is 0 Å². The van der Waals surface area contributed by atoms with Crippen LogP contribution in [0.15, 0.2) is 91.4 Å². The Labute approximate surface area is 215 Å². The van der Waals surface area contributed by atoms with Gasteiger partial charge in [0, 0.05) is 37.3 Å². The van der Waals surface area contributed by atoms with Crippen molar-refractivity contribution >= 4 is 28.9 Å². The minimum atomic E-state index is -0.191. The minimum Gasteiger partial charge on any atom is -0.495 e. The molecule has 0 saturated carbocycles. The van der Waals surface area contributed by atoms with Crippen molar-refractivity contribution in [3.8, 4) is 11.6 Å². The number of nitrogens with zero attached hydrogens (tertiary/aromatic N) is 4. The molecule has 2 N–H and O–H groups in total. The fourth-order valence-corrected chi connectivity index (χ4v) is 4.82. The Hall–Kier alpha value is -4.24. The SMILES string of the molecule is COc1ccccc1NC(=O)CCN1C(=S)N[C@H](c2ccccn2)[C@H]1c1cccn1-c1ccccn1. The monoisotopic (exact) mass is 498 g/mol. The second kappa shape index (κ2) is 10.6. The average Bonchev–Trinajstić information content (AvgIpc) is 3.53. The molecule has 0 aliphatic carbocycles. The van der Waals surface area contributed by atoms with Gasteiger partial charge in [0.1, 0.15) is 11.6 Å². The highest BCUT2D eigenvalue weighted by molar-refractivity contribution is 7.80. The maximum Gasteiger partial charge on any atom is 0.226 e. The number of hydrogen-bond donors (Lipinski definition) is 2. The predicted octanol–water partition coefficient (Wildman–Crippen LogP) is 4.28. The first-order chi connectivity index (χ1) is 17.7. The van der Waals surface area contributed by atoms with Crippen LogP contribution in [0.25, 0.3) is 5.82 Å². The molecular weight excluding hydrogens is 472 g/mol. The van der Waals surface area contributed by atoms with E-state index in [0.717, 1.165) is 17.2 Å². The van der Waals surface area contributed by atoms with Crippen LogP contribution in [0.5, 0.6) is 5.75 Å². The Bertz CT molecular complexity index is 1340. The number of carbonyl (C=O) groups is 1. The molecule has 1 aliphatic rings. The van der Waals surface area contributed by atoms with E-state index in [-0.39, 0.29) is 24.4 Å². The first-order valence-electron chi connectivity index (χ1n) is 11.7. The number of ether oxygens (including phenoxy) is 1. The highest BCUT2D eigenvalue weighted by Crippen LogP contribution is 2.39. The molecule has 5 rings (SSSR count). The molecule has 1 fully saturated rings. The summed E-state index contributed by atoms with van der Waals surface area (Å²) < 4.78 is 7.41. The summed E-state index contributed by atoms with van der Waals surface area (Å²) in [7, 11) is 1.58. The molecule has 0 spiro atoms. The fraction of sp³-hybridized carbons (Fsp3) is 0.185. The molecule has 1 aliphatic heterocycles. The average molecular weight is 499 g/mol. The number of methoxy groups -OCH3 is 1. The Morgan fingerprint density at radius 1 is 1.03 bits per heavy atom. The lowest BCUT2D eigenvalue weighted by atomic mass is 10.0. The Balaban J connectivity index is 1.43. The van der Waals surface area contributed by atoms with Gasteiger partial charge in [-0.1, -0.05) is 24.3 Å². The second-order valence-electron chi connectivity index (χ2n) is 8.31. The molecular formula is C27H26N6O2S. The van der Waals surface area contributed by atoms with E-state index < -0.39 is 0 Å².